The van der Waals surface area contributed by atoms with Crippen molar-refractivity contribution in [2.45, 2.75) is 12.8 Å². The van der Waals surface area contributed by atoms with Crippen LogP contribution in [0.2, 0.25) is 0 Å². The summed E-state index contributed by atoms with van der Waals surface area (Å²) in [6.45, 7) is 1.75. The van der Waals surface area contributed by atoms with Gasteiger partial charge in [0.1, 0.15) is 0 Å². The minimum atomic E-state index is -0.209. The molecular formula is C18H20N4O2. The van der Waals surface area contributed by atoms with Gasteiger partial charge >= 0.3 is 0 Å². The summed E-state index contributed by atoms with van der Waals surface area (Å²) in [4.78, 5) is 28.3. The van der Waals surface area contributed by atoms with Gasteiger partial charge in [0.25, 0.3) is 5.91 Å². The van der Waals surface area contributed by atoms with Crippen LogP contribution in [0, 0.1) is 5.92 Å². The maximum atomic E-state index is 12.3. The first-order valence-corrected chi connectivity index (χ1v) is 8.05. The number of anilines is 2. The predicted molar refractivity (Wildman–Crippen MR) is 92.9 cm³/mol. The number of carbonyl (C=O) groups excluding carboxylic acids is 2. The van der Waals surface area contributed by atoms with Crippen molar-refractivity contribution in [3.05, 3.63) is 54.4 Å². The first-order valence-electron chi connectivity index (χ1n) is 8.05. The first-order chi connectivity index (χ1) is 11.7. The van der Waals surface area contributed by atoms with Crippen LogP contribution in [0.3, 0.4) is 0 Å². The number of hydrogen-bond acceptors (Lipinski definition) is 4. The number of rotatable bonds is 4. The van der Waals surface area contributed by atoms with Crippen LogP contribution in [0.15, 0.2) is 48.8 Å². The van der Waals surface area contributed by atoms with Crippen LogP contribution in [-0.2, 0) is 4.79 Å². The normalized spacial score (nSPS) is 14.8. The van der Waals surface area contributed by atoms with Gasteiger partial charge in [-0.25, -0.2) is 0 Å². The second kappa shape index (κ2) is 7.70. The van der Waals surface area contributed by atoms with E-state index >= 15 is 0 Å². The number of amides is 2. The number of pyridine rings is 1. The van der Waals surface area contributed by atoms with Gasteiger partial charge in [-0.15, -0.1) is 0 Å². The second-order valence-corrected chi connectivity index (χ2v) is 5.78. The molecule has 2 amide bonds. The van der Waals surface area contributed by atoms with Crippen LogP contribution in [0.25, 0.3) is 0 Å². The van der Waals surface area contributed by atoms with Crippen LogP contribution in [0.1, 0.15) is 23.2 Å². The van der Waals surface area contributed by atoms with Crippen LogP contribution >= 0.6 is 0 Å². The van der Waals surface area contributed by atoms with Crippen LogP contribution in [-0.4, -0.2) is 29.9 Å². The van der Waals surface area contributed by atoms with E-state index in [1.807, 2.05) is 6.07 Å². The number of aromatic nitrogens is 1. The molecule has 24 heavy (non-hydrogen) atoms. The highest BCUT2D eigenvalue weighted by Gasteiger charge is 2.20. The van der Waals surface area contributed by atoms with E-state index < -0.39 is 0 Å². The minimum absolute atomic E-state index is 0.0362. The van der Waals surface area contributed by atoms with Gasteiger partial charge < -0.3 is 16.0 Å². The lowest BCUT2D eigenvalue weighted by Gasteiger charge is -2.21. The lowest BCUT2D eigenvalue weighted by atomic mass is 9.97. The zero-order chi connectivity index (χ0) is 16.8. The van der Waals surface area contributed by atoms with Gasteiger partial charge in [-0.2, -0.15) is 0 Å². The summed E-state index contributed by atoms with van der Waals surface area (Å²) in [6, 6.07) is 10.5. The molecule has 124 valence electrons. The molecule has 2 heterocycles. The molecule has 3 rings (SSSR count). The molecule has 1 aliphatic rings. The molecule has 0 unspecified atom stereocenters. The van der Waals surface area contributed by atoms with Crippen LogP contribution < -0.4 is 16.0 Å². The number of nitrogens with one attached hydrogen (secondary N) is 3. The van der Waals surface area contributed by atoms with Gasteiger partial charge in [-0.3, -0.25) is 14.6 Å². The van der Waals surface area contributed by atoms with E-state index in [1.165, 1.54) is 0 Å². The third-order valence-electron chi connectivity index (χ3n) is 4.04. The van der Waals surface area contributed by atoms with Crippen molar-refractivity contribution in [1.29, 1.82) is 0 Å². The van der Waals surface area contributed by atoms with Crippen molar-refractivity contribution in [2.24, 2.45) is 5.92 Å². The average molecular weight is 324 g/mol. The molecule has 3 N–H and O–H groups in total. The smallest absolute Gasteiger partial charge is 0.255 e. The topological polar surface area (TPSA) is 83.1 Å². The van der Waals surface area contributed by atoms with Gasteiger partial charge in [0.15, 0.2) is 0 Å². The van der Waals surface area contributed by atoms with Crippen molar-refractivity contribution < 1.29 is 9.59 Å². The number of carbonyl (C=O) groups is 2. The molecule has 1 aromatic heterocycles. The zero-order valence-corrected chi connectivity index (χ0v) is 13.3. The highest BCUT2D eigenvalue weighted by atomic mass is 16.2. The van der Waals surface area contributed by atoms with Crippen molar-refractivity contribution in [1.82, 2.24) is 10.3 Å². The summed E-state index contributed by atoms with van der Waals surface area (Å²) in [7, 11) is 0. The Morgan fingerprint density at radius 2 is 1.67 bits per heavy atom. The van der Waals surface area contributed by atoms with Crippen molar-refractivity contribution in [3.63, 3.8) is 0 Å². The minimum Gasteiger partial charge on any atom is -0.326 e. The molecule has 6 heteroatoms. The van der Waals surface area contributed by atoms with E-state index in [1.54, 1.807) is 42.7 Å². The fourth-order valence-electron chi connectivity index (χ4n) is 2.71. The predicted octanol–water partition coefficient (Wildman–Crippen LogP) is 2.27. The van der Waals surface area contributed by atoms with E-state index in [4.69, 9.17) is 0 Å². The Morgan fingerprint density at radius 3 is 2.38 bits per heavy atom. The molecule has 0 radical (unpaired) electrons. The lowest BCUT2D eigenvalue weighted by molar-refractivity contribution is -0.120. The number of hydrogen-bond donors (Lipinski definition) is 3. The SMILES string of the molecule is O=C(Nc1cccc(NC(=O)C2CCNCC2)c1)c1ccncc1. The second-order valence-electron chi connectivity index (χ2n) is 5.78. The summed E-state index contributed by atoms with van der Waals surface area (Å²) in [5.74, 6) is -0.130. The highest BCUT2D eigenvalue weighted by molar-refractivity contribution is 6.04. The van der Waals surface area contributed by atoms with Crippen LogP contribution in [0.4, 0.5) is 11.4 Å². The molecule has 1 aromatic carbocycles. The summed E-state index contributed by atoms with van der Waals surface area (Å²) in [6.07, 6.45) is 4.85. The van der Waals surface area contributed by atoms with Gasteiger partial charge in [0.2, 0.25) is 5.91 Å². The summed E-state index contributed by atoms with van der Waals surface area (Å²) >= 11 is 0. The summed E-state index contributed by atoms with van der Waals surface area (Å²) in [5, 5.41) is 9.01. The zero-order valence-electron chi connectivity index (χ0n) is 13.3. The van der Waals surface area contributed by atoms with Gasteiger partial charge in [-0.05, 0) is 56.3 Å². The largest absolute Gasteiger partial charge is 0.326 e. The molecule has 0 bridgehead atoms. The van der Waals surface area contributed by atoms with Gasteiger partial charge in [0.05, 0.1) is 0 Å². The Morgan fingerprint density at radius 1 is 1.00 bits per heavy atom. The molecule has 0 atom stereocenters. The molecule has 1 aliphatic heterocycles. The first kappa shape index (κ1) is 16.1. The van der Waals surface area contributed by atoms with E-state index in [9.17, 15) is 9.59 Å². The number of nitrogens with zero attached hydrogens (tertiary/aromatic N) is 1. The third kappa shape index (κ3) is 4.17. The van der Waals surface area contributed by atoms with Crippen molar-refractivity contribution >= 4 is 23.2 Å². The van der Waals surface area contributed by atoms with Gasteiger partial charge in [0, 0.05) is 35.2 Å². The molecule has 0 spiro atoms. The van der Waals surface area contributed by atoms with E-state index in [-0.39, 0.29) is 17.7 Å². The van der Waals surface area contributed by atoms with E-state index in [2.05, 4.69) is 20.9 Å². The summed E-state index contributed by atoms with van der Waals surface area (Å²) < 4.78 is 0. The van der Waals surface area contributed by atoms with E-state index in [0.29, 0.717) is 16.9 Å². The maximum absolute atomic E-state index is 12.3. The monoisotopic (exact) mass is 324 g/mol. The van der Waals surface area contributed by atoms with Crippen LogP contribution in [0.5, 0.6) is 0 Å². The molecule has 0 aliphatic carbocycles. The Labute approximate surface area is 140 Å². The molecular weight excluding hydrogens is 304 g/mol. The molecule has 1 saturated heterocycles. The average Bonchev–Trinajstić information content (AvgIpc) is 2.63. The fraction of sp³-hybridized carbons (Fsp3) is 0.278. The summed E-state index contributed by atoms with van der Waals surface area (Å²) in [5.41, 5.74) is 1.86. The molecule has 2 aromatic rings. The Kier molecular flexibility index (Phi) is 5.18. The highest BCUT2D eigenvalue weighted by Crippen LogP contribution is 2.19. The Hall–Kier alpha value is -2.73. The number of piperidine rings is 1. The maximum Gasteiger partial charge on any atom is 0.255 e. The standard InChI is InChI=1S/C18H20N4O2/c23-17(13-4-8-19-9-5-13)21-15-2-1-3-16(12-15)22-18(24)14-6-10-20-11-7-14/h1-5,8-9,12,14,20H,6-7,10-11H2,(H,21,23)(H,22,24). The quantitative estimate of drug-likeness (QED) is 0.806. The lowest BCUT2D eigenvalue weighted by Crippen LogP contribution is -2.34. The third-order valence-corrected chi connectivity index (χ3v) is 4.04. The number of benzene rings is 1. The molecule has 0 saturated carbocycles. The fourth-order valence-corrected chi connectivity index (χ4v) is 2.71. The molecule has 1 fully saturated rings. The van der Waals surface area contributed by atoms with Crippen molar-refractivity contribution in [3.8, 4) is 0 Å². The van der Waals surface area contributed by atoms with Crippen molar-refractivity contribution in [2.75, 3.05) is 23.7 Å². The Bertz CT molecular complexity index is 712. The van der Waals surface area contributed by atoms with Gasteiger partial charge in [-0.1, -0.05) is 6.07 Å². The molecule has 6 nitrogen and oxygen atoms in total. The van der Waals surface area contributed by atoms with E-state index in [0.717, 1.165) is 25.9 Å². The Balaban J connectivity index is 1.63.